The third-order valence-corrected chi connectivity index (χ3v) is 6.27. The highest BCUT2D eigenvalue weighted by Crippen LogP contribution is 2.41. The second kappa shape index (κ2) is 6.49. The number of H-pyrrole nitrogens is 1. The Morgan fingerprint density at radius 2 is 2.19 bits per heavy atom. The Hall–Kier alpha value is -2.67. The molecule has 0 radical (unpaired) electrons. The van der Waals surface area contributed by atoms with E-state index in [0.29, 0.717) is 27.4 Å². The molecule has 3 N–H and O–H groups in total. The summed E-state index contributed by atoms with van der Waals surface area (Å²) in [6, 6.07) is 3.95. The average molecular weight is 386 g/mol. The van der Waals surface area contributed by atoms with Gasteiger partial charge in [-0.3, -0.25) is 9.59 Å². The number of carbonyl (C=O) groups is 1. The molecule has 2 aromatic heterocycles. The number of rotatable bonds is 2. The smallest absolute Gasteiger partial charge is 0.265 e. The molecule has 5 nitrogen and oxygen atoms in total. The maximum absolute atomic E-state index is 13.3. The van der Waals surface area contributed by atoms with Crippen LogP contribution in [0.25, 0.3) is 10.2 Å². The molecule has 3 aromatic rings. The number of halogens is 1. The number of fused-ring (bicyclic) bond motifs is 3. The summed E-state index contributed by atoms with van der Waals surface area (Å²) >= 11 is 1.47. The predicted molar refractivity (Wildman–Crippen MR) is 104 cm³/mol. The number of aryl methyl sites for hydroxylation is 2. The van der Waals surface area contributed by atoms with Gasteiger partial charge >= 0.3 is 0 Å². The number of aromatic nitrogens is 1. The Labute approximate surface area is 158 Å². The molecule has 2 heterocycles. The summed E-state index contributed by atoms with van der Waals surface area (Å²) in [4.78, 5) is 29.7. The van der Waals surface area contributed by atoms with Gasteiger partial charge in [-0.05, 0) is 61.4 Å². The average Bonchev–Trinajstić information content (AvgIpc) is 2.94. The molecule has 7 heteroatoms. The van der Waals surface area contributed by atoms with E-state index >= 15 is 0 Å². The summed E-state index contributed by atoms with van der Waals surface area (Å²) in [5.74, 6) is -0.844. The molecule has 1 aromatic carbocycles. The van der Waals surface area contributed by atoms with Crippen LogP contribution in [0.4, 0.5) is 10.1 Å². The number of pyridine rings is 1. The molecule has 1 aliphatic rings. The third-order valence-electron chi connectivity index (χ3n) is 5.10. The largest absolute Gasteiger partial charge is 0.506 e. The van der Waals surface area contributed by atoms with Gasteiger partial charge in [0.25, 0.3) is 11.5 Å². The molecule has 1 unspecified atom stereocenters. The van der Waals surface area contributed by atoms with Crippen LogP contribution in [0.1, 0.15) is 39.7 Å². The number of aromatic amines is 1. The molecule has 1 atom stereocenters. The van der Waals surface area contributed by atoms with Crippen molar-refractivity contribution in [2.24, 2.45) is 5.92 Å². The SMILES string of the molecule is Cc1cc(F)ccc1NC(=O)c1c(O)c2c3c(sc2[nH]c1=O)CC(C)CC3. The van der Waals surface area contributed by atoms with Crippen molar-refractivity contribution in [3.63, 3.8) is 0 Å². The minimum absolute atomic E-state index is 0.280. The van der Waals surface area contributed by atoms with Crippen molar-refractivity contribution >= 4 is 33.1 Å². The summed E-state index contributed by atoms with van der Waals surface area (Å²) in [5, 5.41) is 13.9. The molecule has 1 aliphatic carbocycles. The van der Waals surface area contributed by atoms with Crippen molar-refractivity contribution in [2.45, 2.75) is 33.1 Å². The van der Waals surface area contributed by atoms with Gasteiger partial charge in [-0.1, -0.05) is 6.92 Å². The van der Waals surface area contributed by atoms with Crippen LogP contribution in [0.5, 0.6) is 5.75 Å². The summed E-state index contributed by atoms with van der Waals surface area (Å²) in [5.41, 5.74) is 0.993. The normalized spacial score (nSPS) is 16.3. The molecule has 0 bridgehead atoms. The van der Waals surface area contributed by atoms with Crippen LogP contribution in [0.3, 0.4) is 0 Å². The van der Waals surface area contributed by atoms with E-state index in [9.17, 15) is 19.1 Å². The first-order valence-corrected chi connectivity index (χ1v) is 9.63. The van der Waals surface area contributed by atoms with E-state index in [1.807, 2.05) is 0 Å². The van der Waals surface area contributed by atoms with Gasteiger partial charge in [0.1, 0.15) is 22.0 Å². The Bertz CT molecular complexity index is 1130. The molecule has 4 rings (SSSR count). The van der Waals surface area contributed by atoms with Crippen LogP contribution < -0.4 is 10.9 Å². The highest BCUT2D eigenvalue weighted by molar-refractivity contribution is 7.18. The Balaban J connectivity index is 1.79. The first-order chi connectivity index (χ1) is 12.8. The number of carbonyl (C=O) groups excluding carboxylic acids is 1. The van der Waals surface area contributed by atoms with Crippen molar-refractivity contribution in [3.8, 4) is 5.75 Å². The molecule has 0 saturated heterocycles. The molecular formula is C20H19FN2O3S. The number of aromatic hydroxyl groups is 1. The molecule has 0 spiro atoms. The zero-order valence-electron chi connectivity index (χ0n) is 15.0. The maximum atomic E-state index is 13.3. The fourth-order valence-electron chi connectivity index (χ4n) is 3.65. The highest BCUT2D eigenvalue weighted by atomic mass is 32.1. The van der Waals surface area contributed by atoms with E-state index in [-0.39, 0.29) is 11.3 Å². The summed E-state index contributed by atoms with van der Waals surface area (Å²) in [7, 11) is 0. The lowest BCUT2D eigenvalue weighted by atomic mass is 9.89. The number of thiophene rings is 1. The quantitative estimate of drug-likeness (QED) is 0.620. The second-order valence-corrected chi connectivity index (χ2v) is 8.25. The fraction of sp³-hybridized carbons (Fsp3) is 0.300. The van der Waals surface area contributed by atoms with Crippen molar-refractivity contribution in [3.05, 3.63) is 55.9 Å². The number of amides is 1. The Morgan fingerprint density at radius 1 is 1.41 bits per heavy atom. The van der Waals surface area contributed by atoms with Crippen LogP contribution in [0.2, 0.25) is 0 Å². The summed E-state index contributed by atoms with van der Waals surface area (Å²) in [6.07, 6.45) is 2.73. The molecule has 0 aliphatic heterocycles. The zero-order chi connectivity index (χ0) is 19.3. The minimum Gasteiger partial charge on any atom is -0.506 e. The van der Waals surface area contributed by atoms with E-state index in [0.717, 1.165) is 29.7 Å². The lowest BCUT2D eigenvalue weighted by molar-refractivity contribution is 0.102. The number of benzene rings is 1. The molecular weight excluding hydrogens is 367 g/mol. The van der Waals surface area contributed by atoms with Gasteiger partial charge in [0.2, 0.25) is 0 Å². The lowest BCUT2D eigenvalue weighted by Crippen LogP contribution is -2.23. The maximum Gasteiger partial charge on any atom is 0.265 e. The standard InChI is InChI=1S/C20H19FN2O3S/c1-9-3-5-12-14(7-9)27-20-15(12)17(24)16(19(26)23-20)18(25)22-13-6-4-11(21)8-10(13)2/h4,6,8-9H,3,5,7H2,1-2H3,(H,22,25)(H2,23,24,26). The number of hydrogen-bond acceptors (Lipinski definition) is 4. The van der Waals surface area contributed by atoms with Crippen LogP contribution in [0.15, 0.2) is 23.0 Å². The van der Waals surface area contributed by atoms with Gasteiger partial charge < -0.3 is 15.4 Å². The van der Waals surface area contributed by atoms with Crippen molar-refractivity contribution < 1.29 is 14.3 Å². The van der Waals surface area contributed by atoms with Crippen LogP contribution in [-0.4, -0.2) is 16.0 Å². The van der Waals surface area contributed by atoms with E-state index in [1.54, 1.807) is 6.92 Å². The van der Waals surface area contributed by atoms with Gasteiger partial charge in [0.05, 0.1) is 5.39 Å². The van der Waals surface area contributed by atoms with E-state index < -0.39 is 17.3 Å². The third kappa shape index (κ3) is 3.02. The topological polar surface area (TPSA) is 82.2 Å². The van der Waals surface area contributed by atoms with Gasteiger partial charge in [-0.25, -0.2) is 4.39 Å². The highest BCUT2D eigenvalue weighted by Gasteiger charge is 2.27. The van der Waals surface area contributed by atoms with Gasteiger partial charge in [-0.15, -0.1) is 11.3 Å². The number of nitrogens with one attached hydrogen (secondary N) is 2. The first kappa shape index (κ1) is 17.7. The Morgan fingerprint density at radius 3 is 2.93 bits per heavy atom. The zero-order valence-corrected chi connectivity index (χ0v) is 15.8. The molecule has 0 saturated carbocycles. The van der Waals surface area contributed by atoms with E-state index in [2.05, 4.69) is 17.2 Å². The minimum atomic E-state index is -0.713. The van der Waals surface area contributed by atoms with Crippen molar-refractivity contribution in [1.82, 2.24) is 4.98 Å². The molecule has 27 heavy (non-hydrogen) atoms. The first-order valence-electron chi connectivity index (χ1n) is 8.82. The molecule has 140 valence electrons. The predicted octanol–water partition coefficient (Wildman–Crippen LogP) is 4.12. The van der Waals surface area contributed by atoms with Crippen LogP contribution in [0, 0.1) is 18.7 Å². The molecule has 1 amide bonds. The van der Waals surface area contributed by atoms with Gasteiger partial charge in [-0.2, -0.15) is 0 Å². The lowest BCUT2D eigenvalue weighted by Gasteiger charge is -2.18. The van der Waals surface area contributed by atoms with E-state index in [4.69, 9.17) is 0 Å². The number of hydrogen-bond donors (Lipinski definition) is 3. The number of anilines is 1. The second-order valence-electron chi connectivity index (χ2n) is 7.15. The Kier molecular flexibility index (Phi) is 4.26. The van der Waals surface area contributed by atoms with Crippen molar-refractivity contribution in [2.75, 3.05) is 5.32 Å². The van der Waals surface area contributed by atoms with E-state index in [1.165, 1.54) is 29.5 Å². The summed E-state index contributed by atoms with van der Waals surface area (Å²) < 4.78 is 13.3. The van der Waals surface area contributed by atoms with Gasteiger partial charge in [0.15, 0.2) is 0 Å². The van der Waals surface area contributed by atoms with Gasteiger partial charge in [0, 0.05) is 10.6 Å². The molecule has 0 fully saturated rings. The van der Waals surface area contributed by atoms with Crippen molar-refractivity contribution in [1.29, 1.82) is 0 Å². The summed E-state index contributed by atoms with van der Waals surface area (Å²) in [6.45, 7) is 3.84. The monoisotopic (exact) mass is 386 g/mol. The van der Waals surface area contributed by atoms with Crippen LogP contribution >= 0.6 is 11.3 Å². The van der Waals surface area contributed by atoms with Crippen LogP contribution in [-0.2, 0) is 12.8 Å². The fourth-order valence-corrected chi connectivity index (χ4v) is 5.06.